The van der Waals surface area contributed by atoms with E-state index < -0.39 is 17.4 Å². The lowest BCUT2D eigenvalue weighted by Crippen LogP contribution is -2.36. The molecule has 0 spiro atoms. The summed E-state index contributed by atoms with van der Waals surface area (Å²) in [5.74, 6) is -0.997. The summed E-state index contributed by atoms with van der Waals surface area (Å²) >= 11 is 0. The molecule has 0 aromatic carbocycles. The van der Waals surface area contributed by atoms with Gasteiger partial charge >= 0.3 is 11.9 Å². The van der Waals surface area contributed by atoms with Crippen molar-refractivity contribution in [2.45, 2.75) is 53.4 Å². The van der Waals surface area contributed by atoms with Gasteiger partial charge in [-0.25, -0.2) is 0 Å². The van der Waals surface area contributed by atoms with Crippen molar-refractivity contribution in [2.75, 3.05) is 13.2 Å². The van der Waals surface area contributed by atoms with Crippen molar-refractivity contribution in [3.8, 4) is 6.07 Å². The standard InChI is InChI=1S/C15H25NO4/c1-5-8-12(4)9-15(11-16,14(18)20-7-3)10-13(17)19-6-2/h12H,5-10H2,1-4H3/t12-,15?/m1/s1. The third-order valence-electron chi connectivity index (χ3n) is 3.11. The second-order valence-corrected chi connectivity index (χ2v) is 4.99. The minimum Gasteiger partial charge on any atom is -0.466 e. The predicted molar refractivity (Wildman–Crippen MR) is 74.6 cm³/mol. The number of carbonyl (C=O) groups is 2. The zero-order valence-electron chi connectivity index (χ0n) is 12.9. The van der Waals surface area contributed by atoms with Crippen LogP contribution in [0.3, 0.4) is 0 Å². The molecule has 1 unspecified atom stereocenters. The number of ether oxygens (including phenoxy) is 2. The van der Waals surface area contributed by atoms with Gasteiger partial charge in [-0.3, -0.25) is 9.59 Å². The molecule has 0 aromatic rings. The minimum atomic E-state index is -1.43. The van der Waals surface area contributed by atoms with Crippen LogP contribution in [0.5, 0.6) is 0 Å². The molecule has 5 nitrogen and oxygen atoms in total. The minimum absolute atomic E-state index is 0.165. The van der Waals surface area contributed by atoms with Crippen LogP contribution in [-0.2, 0) is 19.1 Å². The monoisotopic (exact) mass is 283 g/mol. The van der Waals surface area contributed by atoms with E-state index >= 15 is 0 Å². The molecule has 0 radical (unpaired) electrons. The fourth-order valence-electron chi connectivity index (χ4n) is 2.28. The second-order valence-electron chi connectivity index (χ2n) is 4.99. The summed E-state index contributed by atoms with van der Waals surface area (Å²) in [6, 6.07) is 2.00. The van der Waals surface area contributed by atoms with Crippen molar-refractivity contribution in [3.05, 3.63) is 0 Å². The molecule has 0 aliphatic rings. The maximum absolute atomic E-state index is 12.1. The zero-order chi connectivity index (χ0) is 15.6. The molecular weight excluding hydrogens is 258 g/mol. The molecule has 0 amide bonds. The summed E-state index contributed by atoms with van der Waals surface area (Å²) in [6.07, 6.45) is 1.93. The normalized spacial score (nSPS) is 14.8. The van der Waals surface area contributed by atoms with E-state index in [9.17, 15) is 14.9 Å². The van der Waals surface area contributed by atoms with Crippen molar-refractivity contribution in [2.24, 2.45) is 11.3 Å². The van der Waals surface area contributed by atoms with Gasteiger partial charge in [-0.05, 0) is 26.2 Å². The first-order chi connectivity index (χ1) is 9.45. The maximum Gasteiger partial charge on any atom is 0.327 e. The summed E-state index contributed by atoms with van der Waals surface area (Å²) in [4.78, 5) is 23.8. The van der Waals surface area contributed by atoms with Gasteiger partial charge in [-0.1, -0.05) is 26.7 Å². The van der Waals surface area contributed by atoms with Crippen LogP contribution in [0.2, 0.25) is 0 Å². The van der Waals surface area contributed by atoms with E-state index in [1.54, 1.807) is 13.8 Å². The quantitative estimate of drug-likeness (QED) is 0.608. The molecule has 0 saturated heterocycles. The fourth-order valence-corrected chi connectivity index (χ4v) is 2.28. The highest BCUT2D eigenvalue weighted by molar-refractivity contribution is 5.86. The molecule has 0 bridgehead atoms. The van der Waals surface area contributed by atoms with Gasteiger partial charge in [0.25, 0.3) is 0 Å². The number of carbonyl (C=O) groups excluding carboxylic acids is 2. The molecule has 114 valence electrons. The summed E-state index contributed by atoms with van der Waals surface area (Å²) in [7, 11) is 0. The second kappa shape index (κ2) is 9.35. The molecule has 0 fully saturated rings. The Balaban J connectivity index is 5.12. The molecular formula is C15H25NO4. The first kappa shape index (κ1) is 18.4. The number of nitriles is 1. The summed E-state index contributed by atoms with van der Waals surface area (Å²) in [5.41, 5.74) is -1.43. The van der Waals surface area contributed by atoms with E-state index in [1.807, 2.05) is 19.9 Å². The average Bonchev–Trinajstić information content (AvgIpc) is 2.38. The molecule has 2 atom stereocenters. The van der Waals surface area contributed by atoms with Gasteiger partial charge in [0.1, 0.15) is 0 Å². The number of hydrogen-bond acceptors (Lipinski definition) is 5. The number of hydrogen-bond donors (Lipinski definition) is 0. The van der Waals surface area contributed by atoms with Crippen LogP contribution in [0.15, 0.2) is 0 Å². The highest BCUT2D eigenvalue weighted by atomic mass is 16.5. The molecule has 0 aromatic heterocycles. The topological polar surface area (TPSA) is 76.4 Å². The van der Waals surface area contributed by atoms with Crippen LogP contribution in [0.25, 0.3) is 0 Å². The van der Waals surface area contributed by atoms with E-state index in [2.05, 4.69) is 0 Å². The molecule has 0 aliphatic carbocycles. The average molecular weight is 283 g/mol. The Morgan fingerprint density at radius 3 is 2.25 bits per heavy atom. The van der Waals surface area contributed by atoms with E-state index in [0.29, 0.717) is 6.42 Å². The lowest BCUT2D eigenvalue weighted by Gasteiger charge is -2.26. The molecule has 0 saturated carbocycles. The van der Waals surface area contributed by atoms with Crippen LogP contribution >= 0.6 is 0 Å². The van der Waals surface area contributed by atoms with Crippen molar-refractivity contribution in [1.29, 1.82) is 5.26 Å². The Labute approximate surface area is 121 Å². The SMILES string of the molecule is CCC[C@@H](C)CC(C#N)(CC(=O)OCC)C(=O)OCC. The zero-order valence-corrected chi connectivity index (χ0v) is 12.9. The van der Waals surface area contributed by atoms with Gasteiger partial charge in [0, 0.05) is 0 Å². The van der Waals surface area contributed by atoms with Crippen molar-refractivity contribution in [1.82, 2.24) is 0 Å². The van der Waals surface area contributed by atoms with Crippen molar-refractivity contribution >= 4 is 11.9 Å². The van der Waals surface area contributed by atoms with Gasteiger partial charge in [0.05, 0.1) is 25.7 Å². The first-order valence-electron chi connectivity index (χ1n) is 7.19. The van der Waals surface area contributed by atoms with Gasteiger partial charge in [-0.15, -0.1) is 0 Å². The smallest absolute Gasteiger partial charge is 0.327 e. The molecule has 0 aliphatic heterocycles. The fraction of sp³-hybridized carbons (Fsp3) is 0.800. The molecule has 0 N–H and O–H groups in total. The van der Waals surface area contributed by atoms with Gasteiger partial charge < -0.3 is 9.47 Å². The Bertz CT molecular complexity index is 361. The molecule has 0 heterocycles. The van der Waals surface area contributed by atoms with Crippen LogP contribution < -0.4 is 0 Å². The highest BCUT2D eigenvalue weighted by Crippen LogP contribution is 2.33. The Kier molecular flexibility index (Phi) is 8.62. The third-order valence-corrected chi connectivity index (χ3v) is 3.11. The van der Waals surface area contributed by atoms with Gasteiger partial charge in [0.15, 0.2) is 5.41 Å². The number of nitrogens with zero attached hydrogens (tertiary/aromatic N) is 1. The van der Waals surface area contributed by atoms with E-state index in [0.717, 1.165) is 12.8 Å². The third kappa shape index (κ3) is 5.60. The van der Waals surface area contributed by atoms with Crippen LogP contribution in [0.4, 0.5) is 0 Å². The largest absolute Gasteiger partial charge is 0.466 e. The number of rotatable bonds is 9. The lowest BCUT2D eigenvalue weighted by molar-refractivity contribution is -0.159. The molecule has 0 rings (SSSR count). The molecule has 20 heavy (non-hydrogen) atoms. The highest BCUT2D eigenvalue weighted by Gasteiger charge is 2.44. The Hall–Kier alpha value is -1.57. The van der Waals surface area contributed by atoms with Gasteiger partial charge in [0.2, 0.25) is 0 Å². The Morgan fingerprint density at radius 2 is 1.80 bits per heavy atom. The van der Waals surface area contributed by atoms with E-state index in [4.69, 9.17) is 9.47 Å². The number of esters is 2. The van der Waals surface area contributed by atoms with Crippen LogP contribution in [-0.4, -0.2) is 25.2 Å². The van der Waals surface area contributed by atoms with Crippen LogP contribution in [0.1, 0.15) is 53.4 Å². The Morgan fingerprint density at radius 1 is 1.20 bits per heavy atom. The van der Waals surface area contributed by atoms with Crippen molar-refractivity contribution in [3.63, 3.8) is 0 Å². The first-order valence-corrected chi connectivity index (χ1v) is 7.19. The predicted octanol–water partition coefficient (Wildman–Crippen LogP) is 2.84. The summed E-state index contributed by atoms with van der Waals surface area (Å²) < 4.78 is 9.86. The van der Waals surface area contributed by atoms with Gasteiger partial charge in [-0.2, -0.15) is 5.26 Å². The van der Waals surface area contributed by atoms with Crippen molar-refractivity contribution < 1.29 is 19.1 Å². The summed E-state index contributed by atoms with van der Waals surface area (Å²) in [5, 5.41) is 9.45. The molecule has 5 heteroatoms. The van der Waals surface area contributed by atoms with E-state index in [1.165, 1.54) is 0 Å². The maximum atomic E-state index is 12.1. The van der Waals surface area contributed by atoms with E-state index in [-0.39, 0.29) is 25.6 Å². The lowest BCUT2D eigenvalue weighted by atomic mass is 9.77. The summed E-state index contributed by atoms with van der Waals surface area (Å²) in [6.45, 7) is 7.80. The van der Waals surface area contributed by atoms with Crippen LogP contribution in [0, 0.1) is 22.7 Å².